The molecule has 0 aliphatic carbocycles. The number of nitrogens with one attached hydrogen (secondary N) is 1. The van der Waals surface area contributed by atoms with Crippen LogP contribution in [0.25, 0.3) is 0 Å². The molecule has 1 amide bonds. The normalized spacial score (nSPS) is 14.2. The van der Waals surface area contributed by atoms with Gasteiger partial charge in [-0.15, -0.1) is 11.3 Å². The first-order chi connectivity index (χ1) is 11.6. The average molecular weight is 411 g/mol. The van der Waals surface area contributed by atoms with E-state index in [1.807, 2.05) is 0 Å². The molecule has 25 heavy (non-hydrogen) atoms. The van der Waals surface area contributed by atoms with Gasteiger partial charge in [0.15, 0.2) is 0 Å². The van der Waals surface area contributed by atoms with E-state index in [-0.39, 0.29) is 10.8 Å². The van der Waals surface area contributed by atoms with E-state index in [1.165, 1.54) is 24.3 Å². The summed E-state index contributed by atoms with van der Waals surface area (Å²) in [5, 5.41) is 3.63. The van der Waals surface area contributed by atoms with Gasteiger partial charge in [0.05, 0.1) is 27.7 Å². The van der Waals surface area contributed by atoms with E-state index in [2.05, 4.69) is 10.3 Å². The molecule has 2 atom stereocenters. The molecule has 2 aromatic rings. The number of alkyl halides is 3. The van der Waals surface area contributed by atoms with Crippen LogP contribution in [0.2, 0.25) is 5.02 Å². The van der Waals surface area contributed by atoms with Crippen molar-refractivity contribution in [2.45, 2.75) is 31.0 Å². The lowest BCUT2D eigenvalue weighted by Crippen LogP contribution is -2.30. The van der Waals surface area contributed by atoms with Gasteiger partial charge in [0.2, 0.25) is 5.91 Å². The zero-order valence-corrected chi connectivity index (χ0v) is 15.6. The molecular formula is C15H14ClF3N2O2S2. The number of nitrogens with zero attached hydrogens (tertiary/aromatic N) is 1. The van der Waals surface area contributed by atoms with Crippen molar-refractivity contribution in [3.8, 4) is 0 Å². The first-order valence-corrected chi connectivity index (χ1v) is 9.67. The Morgan fingerprint density at radius 2 is 2.12 bits per heavy atom. The van der Waals surface area contributed by atoms with Crippen LogP contribution in [0.1, 0.15) is 23.2 Å². The van der Waals surface area contributed by atoms with Crippen molar-refractivity contribution in [3.05, 3.63) is 44.9 Å². The molecule has 0 aliphatic heterocycles. The molecule has 1 heterocycles. The number of aryl methyl sites for hydroxylation is 1. The Morgan fingerprint density at radius 1 is 1.44 bits per heavy atom. The van der Waals surface area contributed by atoms with Gasteiger partial charge in [0, 0.05) is 21.2 Å². The second-order valence-electron chi connectivity index (χ2n) is 5.20. The monoisotopic (exact) mass is 410 g/mol. The van der Waals surface area contributed by atoms with Gasteiger partial charge in [-0.25, -0.2) is 4.98 Å². The van der Waals surface area contributed by atoms with Gasteiger partial charge in [0.25, 0.3) is 0 Å². The molecular weight excluding hydrogens is 397 g/mol. The first-order valence-electron chi connectivity index (χ1n) is 7.03. The van der Waals surface area contributed by atoms with E-state index in [4.69, 9.17) is 11.6 Å². The van der Waals surface area contributed by atoms with Crippen LogP contribution < -0.4 is 5.32 Å². The van der Waals surface area contributed by atoms with Crippen molar-refractivity contribution in [2.75, 3.05) is 5.32 Å². The second-order valence-corrected chi connectivity index (χ2v) is 8.46. The van der Waals surface area contributed by atoms with Gasteiger partial charge < -0.3 is 5.32 Å². The Morgan fingerprint density at radius 3 is 2.68 bits per heavy atom. The Labute approximate surface area is 153 Å². The minimum Gasteiger partial charge on any atom is -0.324 e. The van der Waals surface area contributed by atoms with Crippen LogP contribution in [0.4, 0.5) is 18.9 Å². The average Bonchev–Trinajstić information content (AvgIpc) is 2.92. The number of anilines is 1. The summed E-state index contributed by atoms with van der Waals surface area (Å²) in [5.41, 5.74) is -0.889. The number of carbonyl (C=O) groups is 1. The van der Waals surface area contributed by atoms with Crippen LogP contribution in [0.15, 0.2) is 23.6 Å². The standard InChI is InChI=1S/C15H14ClF3N2O2S2/c1-8(25(23)7-11-6-24-9(2)20-11)14(22)21-13-4-3-10(16)5-12(13)15(17,18)19/h3-6,8H,7H2,1-2H3,(H,21,22). The number of benzene rings is 1. The molecule has 0 aliphatic rings. The van der Waals surface area contributed by atoms with Crippen LogP contribution in [0.5, 0.6) is 0 Å². The zero-order chi connectivity index (χ0) is 18.8. The maximum atomic E-state index is 13.1. The lowest BCUT2D eigenvalue weighted by Gasteiger charge is -2.16. The fourth-order valence-corrected chi connectivity index (χ4v) is 3.84. The molecule has 1 N–H and O–H groups in total. The summed E-state index contributed by atoms with van der Waals surface area (Å²) in [4.78, 5) is 16.4. The molecule has 0 saturated carbocycles. The number of hydrogen-bond donors (Lipinski definition) is 1. The summed E-state index contributed by atoms with van der Waals surface area (Å²) in [7, 11) is -1.61. The van der Waals surface area contributed by atoms with E-state index in [0.717, 1.165) is 17.1 Å². The molecule has 2 rings (SSSR count). The Hall–Kier alpha value is -1.45. The maximum Gasteiger partial charge on any atom is 0.418 e. The molecule has 0 fully saturated rings. The highest BCUT2D eigenvalue weighted by molar-refractivity contribution is 7.85. The second kappa shape index (κ2) is 7.84. The third-order valence-corrected chi connectivity index (χ3v) is 5.91. The third kappa shape index (κ3) is 5.26. The maximum absolute atomic E-state index is 13.1. The molecule has 1 aromatic heterocycles. The third-order valence-electron chi connectivity index (χ3n) is 3.27. The van der Waals surface area contributed by atoms with Crippen LogP contribution in [0, 0.1) is 6.92 Å². The number of hydrogen-bond acceptors (Lipinski definition) is 4. The molecule has 0 spiro atoms. The molecule has 10 heteroatoms. The van der Waals surface area contributed by atoms with Gasteiger partial charge in [-0.2, -0.15) is 13.2 Å². The number of carbonyl (C=O) groups excluding carboxylic acids is 1. The molecule has 2 unspecified atom stereocenters. The van der Waals surface area contributed by atoms with Crippen LogP contribution in [-0.2, 0) is 27.5 Å². The van der Waals surface area contributed by atoms with Crippen LogP contribution >= 0.6 is 22.9 Å². The Balaban J connectivity index is 2.12. The Kier molecular flexibility index (Phi) is 6.23. The predicted molar refractivity (Wildman–Crippen MR) is 93.2 cm³/mol. The van der Waals surface area contributed by atoms with Gasteiger partial charge in [-0.1, -0.05) is 11.6 Å². The summed E-state index contributed by atoms with van der Waals surface area (Å²) >= 11 is 6.99. The van der Waals surface area contributed by atoms with Crippen molar-refractivity contribution >= 4 is 45.3 Å². The van der Waals surface area contributed by atoms with Gasteiger partial charge >= 0.3 is 6.18 Å². The minimum atomic E-state index is -4.67. The highest BCUT2D eigenvalue weighted by Gasteiger charge is 2.34. The SMILES string of the molecule is Cc1nc(CS(=O)C(C)C(=O)Nc2ccc(Cl)cc2C(F)(F)F)cs1. The van der Waals surface area contributed by atoms with Gasteiger partial charge in [-0.05, 0) is 32.0 Å². The summed E-state index contributed by atoms with van der Waals surface area (Å²) in [5.74, 6) is -0.704. The smallest absolute Gasteiger partial charge is 0.324 e. The lowest BCUT2D eigenvalue weighted by atomic mass is 10.1. The van der Waals surface area contributed by atoms with Gasteiger partial charge in [-0.3, -0.25) is 9.00 Å². The number of halogens is 4. The minimum absolute atomic E-state index is 0.0612. The van der Waals surface area contributed by atoms with Crippen molar-refractivity contribution in [1.82, 2.24) is 4.98 Å². The summed E-state index contributed by atoms with van der Waals surface area (Å²) in [6, 6.07) is 3.05. The number of amides is 1. The van der Waals surface area contributed by atoms with E-state index >= 15 is 0 Å². The fraction of sp³-hybridized carbons (Fsp3) is 0.333. The predicted octanol–water partition coefficient (Wildman–Crippen LogP) is 4.40. The lowest BCUT2D eigenvalue weighted by molar-refractivity contribution is -0.137. The van der Waals surface area contributed by atoms with Crippen LogP contribution in [0.3, 0.4) is 0 Å². The largest absolute Gasteiger partial charge is 0.418 e. The quantitative estimate of drug-likeness (QED) is 0.794. The van der Waals surface area contributed by atoms with E-state index < -0.39 is 39.4 Å². The highest BCUT2D eigenvalue weighted by Crippen LogP contribution is 2.36. The molecule has 0 radical (unpaired) electrons. The van der Waals surface area contributed by atoms with Crippen molar-refractivity contribution in [1.29, 1.82) is 0 Å². The van der Waals surface area contributed by atoms with E-state index in [1.54, 1.807) is 12.3 Å². The summed E-state index contributed by atoms with van der Waals surface area (Å²) < 4.78 is 51.4. The Bertz CT molecular complexity index is 808. The molecule has 136 valence electrons. The van der Waals surface area contributed by atoms with Crippen LogP contribution in [-0.4, -0.2) is 20.3 Å². The molecule has 4 nitrogen and oxygen atoms in total. The number of aromatic nitrogens is 1. The van der Waals surface area contributed by atoms with E-state index in [9.17, 15) is 22.2 Å². The highest BCUT2D eigenvalue weighted by atomic mass is 35.5. The molecule has 0 saturated heterocycles. The van der Waals surface area contributed by atoms with E-state index in [0.29, 0.717) is 5.69 Å². The summed E-state index contributed by atoms with van der Waals surface area (Å²) in [6.07, 6.45) is -4.67. The molecule has 0 bridgehead atoms. The van der Waals surface area contributed by atoms with Crippen molar-refractivity contribution < 1.29 is 22.2 Å². The first kappa shape index (κ1) is 19.9. The van der Waals surface area contributed by atoms with Gasteiger partial charge in [0.1, 0.15) is 5.25 Å². The molecule has 1 aromatic carbocycles. The van der Waals surface area contributed by atoms with Crippen molar-refractivity contribution in [2.24, 2.45) is 0 Å². The fourth-order valence-electron chi connectivity index (χ4n) is 1.96. The number of rotatable bonds is 5. The topological polar surface area (TPSA) is 59.1 Å². The zero-order valence-electron chi connectivity index (χ0n) is 13.2. The van der Waals surface area contributed by atoms with Crippen molar-refractivity contribution in [3.63, 3.8) is 0 Å². The summed E-state index contributed by atoms with van der Waals surface area (Å²) in [6.45, 7) is 3.19. The number of thiazole rings is 1.